The summed E-state index contributed by atoms with van der Waals surface area (Å²) in [5.74, 6) is -0.0113. The van der Waals surface area contributed by atoms with E-state index >= 15 is 0 Å². The van der Waals surface area contributed by atoms with Crippen LogP contribution in [0.1, 0.15) is 56.0 Å². The molecule has 1 aromatic carbocycles. The smallest absolute Gasteiger partial charge is 0.251 e. The maximum absolute atomic E-state index is 12.1. The molecule has 1 aliphatic carbocycles. The summed E-state index contributed by atoms with van der Waals surface area (Å²) in [6.07, 6.45) is 3.11. The van der Waals surface area contributed by atoms with Gasteiger partial charge in [-0.3, -0.25) is 4.79 Å². The number of nitrogens with two attached hydrogens (primary N) is 1. The largest absolute Gasteiger partial charge is 0.348 e. The van der Waals surface area contributed by atoms with E-state index in [1.54, 1.807) is 0 Å². The lowest BCUT2D eigenvalue weighted by atomic mass is 9.86. The van der Waals surface area contributed by atoms with E-state index in [0.717, 1.165) is 19.3 Å². The van der Waals surface area contributed by atoms with Gasteiger partial charge in [-0.1, -0.05) is 32.9 Å². The standard InChI is InChI=1S/C16H24N2O/c1-16(2,3)12-9-7-11(8-10-12)15(19)18-14-6-4-5-13(14)17/h7-10,13-14H,4-6,17H2,1-3H3,(H,18,19). The first-order valence-corrected chi connectivity index (χ1v) is 7.05. The van der Waals surface area contributed by atoms with E-state index in [9.17, 15) is 4.79 Å². The Morgan fingerprint density at radius 3 is 2.32 bits per heavy atom. The molecule has 2 unspecified atom stereocenters. The summed E-state index contributed by atoms with van der Waals surface area (Å²) in [7, 11) is 0. The third kappa shape index (κ3) is 3.35. The van der Waals surface area contributed by atoms with Gasteiger partial charge in [-0.25, -0.2) is 0 Å². The quantitative estimate of drug-likeness (QED) is 0.858. The zero-order valence-electron chi connectivity index (χ0n) is 12.1. The summed E-state index contributed by atoms with van der Waals surface area (Å²) in [6.45, 7) is 6.50. The summed E-state index contributed by atoms with van der Waals surface area (Å²) >= 11 is 0. The van der Waals surface area contributed by atoms with E-state index < -0.39 is 0 Å². The second-order valence-electron chi connectivity index (χ2n) is 6.50. The van der Waals surface area contributed by atoms with E-state index in [-0.39, 0.29) is 23.4 Å². The van der Waals surface area contributed by atoms with Crippen LogP contribution in [0.4, 0.5) is 0 Å². The van der Waals surface area contributed by atoms with Gasteiger partial charge in [0.25, 0.3) is 5.91 Å². The van der Waals surface area contributed by atoms with Crippen molar-refractivity contribution in [1.82, 2.24) is 5.32 Å². The molecule has 0 radical (unpaired) electrons. The van der Waals surface area contributed by atoms with Crippen LogP contribution in [0.5, 0.6) is 0 Å². The highest BCUT2D eigenvalue weighted by Crippen LogP contribution is 2.22. The second-order valence-corrected chi connectivity index (χ2v) is 6.50. The van der Waals surface area contributed by atoms with Crippen molar-refractivity contribution in [2.45, 2.75) is 57.5 Å². The van der Waals surface area contributed by atoms with Crippen molar-refractivity contribution in [1.29, 1.82) is 0 Å². The minimum atomic E-state index is -0.0113. The molecule has 19 heavy (non-hydrogen) atoms. The second kappa shape index (κ2) is 5.33. The molecule has 1 fully saturated rings. The topological polar surface area (TPSA) is 55.1 Å². The van der Waals surface area contributed by atoms with Gasteiger partial charge < -0.3 is 11.1 Å². The van der Waals surface area contributed by atoms with Gasteiger partial charge in [0.15, 0.2) is 0 Å². The third-order valence-corrected chi connectivity index (χ3v) is 3.90. The summed E-state index contributed by atoms with van der Waals surface area (Å²) in [5, 5.41) is 3.04. The molecule has 0 bridgehead atoms. The fourth-order valence-electron chi connectivity index (χ4n) is 2.54. The van der Waals surface area contributed by atoms with Crippen molar-refractivity contribution in [3.8, 4) is 0 Å². The number of benzene rings is 1. The van der Waals surface area contributed by atoms with Crippen LogP contribution in [-0.4, -0.2) is 18.0 Å². The zero-order chi connectivity index (χ0) is 14.0. The van der Waals surface area contributed by atoms with Crippen LogP contribution < -0.4 is 11.1 Å². The number of amides is 1. The highest BCUT2D eigenvalue weighted by atomic mass is 16.1. The Labute approximate surface area is 115 Å². The summed E-state index contributed by atoms with van der Waals surface area (Å²) in [4.78, 5) is 12.1. The first kappa shape index (κ1) is 14.1. The number of hydrogen-bond acceptors (Lipinski definition) is 2. The Balaban J connectivity index is 2.03. The van der Waals surface area contributed by atoms with Crippen molar-refractivity contribution in [2.24, 2.45) is 5.73 Å². The molecule has 1 saturated carbocycles. The Kier molecular flexibility index (Phi) is 3.95. The van der Waals surface area contributed by atoms with Gasteiger partial charge in [-0.05, 0) is 42.4 Å². The van der Waals surface area contributed by atoms with Crippen LogP contribution >= 0.6 is 0 Å². The normalized spacial score (nSPS) is 23.4. The summed E-state index contributed by atoms with van der Waals surface area (Å²) in [5.41, 5.74) is 8.04. The van der Waals surface area contributed by atoms with Crippen LogP contribution in [0, 0.1) is 0 Å². The molecule has 0 spiro atoms. The highest BCUT2D eigenvalue weighted by molar-refractivity contribution is 5.94. The molecule has 1 aromatic rings. The van der Waals surface area contributed by atoms with Crippen molar-refractivity contribution in [2.75, 3.05) is 0 Å². The van der Waals surface area contributed by atoms with Crippen molar-refractivity contribution >= 4 is 5.91 Å². The molecular formula is C16H24N2O. The van der Waals surface area contributed by atoms with Crippen LogP contribution in [0.15, 0.2) is 24.3 Å². The SMILES string of the molecule is CC(C)(C)c1ccc(C(=O)NC2CCCC2N)cc1. The summed E-state index contributed by atoms with van der Waals surface area (Å²) < 4.78 is 0. The molecule has 0 heterocycles. The maximum Gasteiger partial charge on any atom is 0.251 e. The average Bonchev–Trinajstić information content (AvgIpc) is 2.74. The van der Waals surface area contributed by atoms with Crippen LogP contribution in [0.3, 0.4) is 0 Å². The van der Waals surface area contributed by atoms with Gasteiger partial charge in [-0.2, -0.15) is 0 Å². The molecule has 3 N–H and O–H groups in total. The predicted molar refractivity (Wildman–Crippen MR) is 78.2 cm³/mol. The molecular weight excluding hydrogens is 236 g/mol. The van der Waals surface area contributed by atoms with Crippen molar-refractivity contribution in [3.05, 3.63) is 35.4 Å². The van der Waals surface area contributed by atoms with Crippen LogP contribution in [-0.2, 0) is 5.41 Å². The van der Waals surface area contributed by atoms with E-state index in [1.165, 1.54) is 5.56 Å². The molecule has 0 aliphatic heterocycles. The lowest BCUT2D eigenvalue weighted by Crippen LogP contribution is -2.43. The monoisotopic (exact) mass is 260 g/mol. The Morgan fingerprint density at radius 2 is 1.84 bits per heavy atom. The molecule has 3 heteroatoms. The first-order valence-electron chi connectivity index (χ1n) is 7.05. The number of nitrogens with one attached hydrogen (secondary N) is 1. The Hall–Kier alpha value is -1.35. The predicted octanol–water partition coefficient (Wildman–Crippen LogP) is 2.59. The van der Waals surface area contributed by atoms with Gasteiger partial charge >= 0.3 is 0 Å². The van der Waals surface area contributed by atoms with Gasteiger partial charge in [-0.15, -0.1) is 0 Å². The number of carbonyl (C=O) groups is 1. The molecule has 3 nitrogen and oxygen atoms in total. The van der Waals surface area contributed by atoms with Gasteiger partial charge in [0, 0.05) is 17.6 Å². The third-order valence-electron chi connectivity index (χ3n) is 3.90. The first-order chi connectivity index (χ1) is 8.88. The lowest BCUT2D eigenvalue weighted by Gasteiger charge is -2.20. The van der Waals surface area contributed by atoms with Gasteiger partial charge in [0.2, 0.25) is 0 Å². The zero-order valence-corrected chi connectivity index (χ0v) is 12.1. The van der Waals surface area contributed by atoms with E-state index in [4.69, 9.17) is 5.73 Å². The molecule has 2 rings (SSSR count). The van der Waals surface area contributed by atoms with Crippen LogP contribution in [0.2, 0.25) is 0 Å². The number of hydrogen-bond donors (Lipinski definition) is 2. The lowest BCUT2D eigenvalue weighted by molar-refractivity contribution is 0.0934. The van der Waals surface area contributed by atoms with E-state index in [1.807, 2.05) is 24.3 Å². The molecule has 0 saturated heterocycles. The highest BCUT2D eigenvalue weighted by Gasteiger charge is 2.25. The van der Waals surface area contributed by atoms with Gasteiger partial charge in [0.05, 0.1) is 0 Å². The minimum absolute atomic E-state index is 0.0113. The Morgan fingerprint density at radius 1 is 1.21 bits per heavy atom. The Bertz CT molecular complexity index is 445. The fraction of sp³-hybridized carbons (Fsp3) is 0.562. The molecule has 1 amide bonds. The van der Waals surface area contributed by atoms with Gasteiger partial charge in [0.1, 0.15) is 0 Å². The molecule has 104 valence electrons. The minimum Gasteiger partial charge on any atom is -0.348 e. The van der Waals surface area contributed by atoms with Crippen molar-refractivity contribution < 1.29 is 4.79 Å². The number of carbonyl (C=O) groups excluding carboxylic acids is 1. The fourth-order valence-corrected chi connectivity index (χ4v) is 2.54. The number of rotatable bonds is 2. The van der Waals surface area contributed by atoms with E-state index in [0.29, 0.717) is 5.56 Å². The maximum atomic E-state index is 12.1. The van der Waals surface area contributed by atoms with E-state index in [2.05, 4.69) is 26.1 Å². The summed E-state index contributed by atoms with van der Waals surface area (Å²) in [6, 6.07) is 8.10. The molecule has 2 atom stereocenters. The van der Waals surface area contributed by atoms with Crippen LogP contribution in [0.25, 0.3) is 0 Å². The average molecular weight is 260 g/mol. The molecule has 1 aliphatic rings. The molecule has 0 aromatic heterocycles. The van der Waals surface area contributed by atoms with Crippen molar-refractivity contribution in [3.63, 3.8) is 0 Å².